The van der Waals surface area contributed by atoms with E-state index in [1.807, 2.05) is 36.6 Å². The lowest BCUT2D eigenvalue weighted by Gasteiger charge is -2.08. The van der Waals surface area contributed by atoms with Gasteiger partial charge in [0.05, 0.1) is 37.7 Å². The quantitative estimate of drug-likeness (QED) is 0.681. The topological polar surface area (TPSA) is 89.4 Å². The summed E-state index contributed by atoms with van der Waals surface area (Å²) in [6, 6.07) is 9.06. The highest BCUT2D eigenvalue weighted by Gasteiger charge is 2.17. The summed E-state index contributed by atoms with van der Waals surface area (Å²) in [5.74, 6) is 0.915. The monoisotopic (exact) mass is 355 g/mol. The zero-order valence-corrected chi connectivity index (χ0v) is 14.7. The van der Waals surface area contributed by atoms with Gasteiger partial charge in [-0.3, -0.25) is 9.59 Å². The molecule has 0 aliphatic heterocycles. The van der Waals surface area contributed by atoms with Gasteiger partial charge >= 0.3 is 0 Å². The lowest BCUT2D eigenvalue weighted by Crippen LogP contribution is -2.36. The van der Waals surface area contributed by atoms with Crippen LogP contribution in [0.1, 0.15) is 33.3 Å². The van der Waals surface area contributed by atoms with Crippen LogP contribution in [0.25, 0.3) is 0 Å². The molecule has 3 heterocycles. The van der Waals surface area contributed by atoms with E-state index in [1.165, 1.54) is 0 Å². The number of carbonyl (C=O) groups is 2. The lowest BCUT2D eigenvalue weighted by molar-refractivity contribution is -0.120. The molecular weight excluding hydrogens is 334 g/mol. The average molecular weight is 355 g/mol. The standard InChI is InChI=1S/C19H21N3O4/c1-13-9-17(14(2)22(13)12-16-6-4-8-26-16)19(24)21-11-18(23)20-10-15-5-3-7-25-15/h3-9H,10-12H2,1-2H3,(H,20,23)(H,21,24). The van der Waals surface area contributed by atoms with Crippen LogP contribution in [0, 0.1) is 13.8 Å². The molecule has 0 atom stereocenters. The number of carbonyl (C=O) groups excluding carboxylic acids is 2. The maximum atomic E-state index is 12.4. The van der Waals surface area contributed by atoms with Crippen molar-refractivity contribution >= 4 is 11.8 Å². The van der Waals surface area contributed by atoms with E-state index in [9.17, 15) is 9.59 Å². The Morgan fingerprint density at radius 1 is 1.04 bits per heavy atom. The van der Waals surface area contributed by atoms with E-state index in [-0.39, 0.29) is 18.4 Å². The molecule has 0 saturated carbocycles. The van der Waals surface area contributed by atoms with E-state index >= 15 is 0 Å². The number of aromatic nitrogens is 1. The normalized spacial score (nSPS) is 10.7. The molecule has 0 unspecified atom stereocenters. The van der Waals surface area contributed by atoms with Crippen molar-refractivity contribution in [1.29, 1.82) is 0 Å². The van der Waals surface area contributed by atoms with Crippen LogP contribution >= 0.6 is 0 Å². The van der Waals surface area contributed by atoms with Gasteiger partial charge in [0, 0.05) is 11.4 Å². The lowest BCUT2D eigenvalue weighted by atomic mass is 10.2. The van der Waals surface area contributed by atoms with Crippen molar-refractivity contribution in [2.24, 2.45) is 0 Å². The molecule has 0 bridgehead atoms. The van der Waals surface area contributed by atoms with Crippen molar-refractivity contribution in [2.75, 3.05) is 6.54 Å². The fourth-order valence-electron chi connectivity index (χ4n) is 2.75. The van der Waals surface area contributed by atoms with E-state index in [1.54, 1.807) is 24.7 Å². The maximum Gasteiger partial charge on any atom is 0.253 e. The van der Waals surface area contributed by atoms with Crippen molar-refractivity contribution in [2.45, 2.75) is 26.9 Å². The Morgan fingerprint density at radius 3 is 2.38 bits per heavy atom. The van der Waals surface area contributed by atoms with Crippen LogP contribution in [-0.4, -0.2) is 22.9 Å². The van der Waals surface area contributed by atoms with Gasteiger partial charge < -0.3 is 24.0 Å². The summed E-state index contributed by atoms with van der Waals surface area (Å²) in [5, 5.41) is 5.34. The summed E-state index contributed by atoms with van der Waals surface area (Å²) in [7, 11) is 0. The smallest absolute Gasteiger partial charge is 0.253 e. The van der Waals surface area contributed by atoms with E-state index in [0.29, 0.717) is 24.4 Å². The third kappa shape index (κ3) is 4.05. The van der Waals surface area contributed by atoms with Crippen molar-refractivity contribution in [3.8, 4) is 0 Å². The molecule has 26 heavy (non-hydrogen) atoms. The zero-order valence-electron chi connectivity index (χ0n) is 14.7. The Labute approximate surface area is 151 Å². The fraction of sp³-hybridized carbons (Fsp3) is 0.263. The zero-order chi connectivity index (χ0) is 18.5. The van der Waals surface area contributed by atoms with Crippen LogP contribution in [0.3, 0.4) is 0 Å². The van der Waals surface area contributed by atoms with Crippen LogP contribution in [-0.2, 0) is 17.9 Å². The molecule has 0 fully saturated rings. The first-order valence-corrected chi connectivity index (χ1v) is 8.31. The van der Waals surface area contributed by atoms with Gasteiger partial charge in [-0.15, -0.1) is 0 Å². The highest BCUT2D eigenvalue weighted by molar-refractivity contribution is 5.97. The van der Waals surface area contributed by atoms with Crippen LogP contribution in [0.5, 0.6) is 0 Å². The molecule has 0 radical (unpaired) electrons. The molecule has 7 heteroatoms. The van der Waals surface area contributed by atoms with E-state index in [2.05, 4.69) is 10.6 Å². The number of nitrogens with one attached hydrogen (secondary N) is 2. The Morgan fingerprint density at radius 2 is 1.73 bits per heavy atom. The van der Waals surface area contributed by atoms with Gasteiger partial charge in [0.1, 0.15) is 11.5 Å². The molecule has 7 nitrogen and oxygen atoms in total. The average Bonchev–Trinajstić information content (AvgIpc) is 3.37. The van der Waals surface area contributed by atoms with Gasteiger partial charge in [-0.1, -0.05) is 0 Å². The van der Waals surface area contributed by atoms with Crippen molar-refractivity contribution in [3.05, 3.63) is 71.3 Å². The van der Waals surface area contributed by atoms with Crippen molar-refractivity contribution < 1.29 is 18.4 Å². The minimum atomic E-state index is -0.281. The number of aryl methyl sites for hydroxylation is 1. The largest absolute Gasteiger partial charge is 0.467 e. The van der Waals surface area contributed by atoms with Crippen molar-refractivity contribution in [3.63, 3.8) is 0 Å². The van der Waals surface area contributed by atoms with Crippen LogP contribution in [0.15, 0.2) is 51.7 Å². The molecule has 0 spiro atoms. The second-order valence-electron chi connectivity index (χ2n) is 5.99. The Bertz CT molecular complexity index is 876. The van der Waals surface area contributed by atoms with Crippen molar-refractivity contribution in [1.82, 2.24) is 15.2 Å². The number of nitrogens with zero attached hydrogens (tertiary/aromatic N) is 1. The summed E-state index contributed by atoms with van der Waals surface area (Å²) >= 11 is 0. The third-order valence-corrected chi connectivity index (χ3v) is 4.16. The van der Waals surface area contributed by atoms with Gasteiger partial charge in [0.15, 0.2) is 0 Å². The summed E-state index contributed by atoms with van der Waals surface area (Å²) < 4.78 is 12.5. The predicted octanol–water partition coefficient (Wildman–Crippen LogP) is 2.39. The van der Waals surface area contributed by atoms with Crippen LogP contribution in [0.4, 0.5) is 0 Å². The summed E-state index contributed by atoms with van der Waals surface area (Å²) in [4.78, 5) is 24.3. The summed E-state index contributed by atoms with van der Waals surface area (Å²) in [5.41, 5.74) is 2.33. The molecular formula is C19H21N3O4. The number of hydrogen-bond donors (Lipinski definition) is 2. The Kier molecular flexibility index (Phi) is 5.26. The molecule has 2 amide bonds. The summed E-state index contributed by atoms with van der Waals surface area (Å²) in [6.07, 6.45) is 3.17. The first-order valence-electron chi connectivity index (χ1n) is 8.31. The second kappa shape index (κ2) is 7.77. The van der Waals surface area contributed by atoms with Gasteiger partial charge in [0.2, 0.25) is 5.91 Å². The number of amides is 2. The minimum Gasteiger partial charge on any atom is -0.467 e. The van der Waals surface area contributed by atoms with Gasteiger partial charge in [-0.25, -0.2) is 0 Å². The second-order valence-corrected chi connectivity index (χ2v) is 5.99. The Balaban J connectivity index is 1.56. The fourth-order valence-corrected chi connectivity index (χ4v) is 2.75. The third-order valence-electron chi connectivity index (χ3n) is 4.16. The first-order chi connectivity index (χ1) is 12.5. The molecule has 136 valence electrons. The Hall–Kier alpha value is -3.22. The SMILES string of the molecule is Cc1cc(C(=O)NCC(=O)NCc2ccco2)c(C)n1Cc1ccco1. The van der Waals surface area contributed by atoms with Gasteiger partial charge in [-0.05, 0) is 44.2 Å². The first kappa shape index (κ1) is 17.6. The van der Waals surface area contributed by atoms with E-state index < -0.39 is 0 Å². The molecule has 0 saturated heterocycles. The van der Waals surface area contributed by atoms with Gasteiger partial charge in [0.25, 0.3) is 5.91 Å². The van der Waals surface area contributed by atoms with Crippen LogP contribution < -0.4 is 10.6 Å². The molecule has 0 aromatic carbocycles. The molecule has 3 aromatic heterocycles. The highest BCUT2D eigenvalue weighted by atomic mass is 16.3. The van der Waals surface area contributed by atoms with E-state index in [4.69, 9.17) is 8.83 Å². The molecule has 3 aromatic rings. The molecule has 0 aliphatic rings. The number of hydrogen-bond acceptors (Lipinski definition) is 4. The predicted molar refractivity (Wildman–Crippen MR) is 94.6 cm³/mol. The molecule has 0 aliphatic carbocycles. The highest BCUT2D eigenvalue weighted by Crippen LogP contribution is 2.17. The summed E-state index contributed by atoms with van der Waals surface area (Å²) in [6.45, 7) is 4.56. The number of rotatable bonds is 7. The molecule has 3 rings (SSSR count). The maximum absolute atomic E-state index is 12.4. The minimum absolute atomic E-state index is 0.0958. The number of furan rings is 2. The van der Waals surface area contributed by atoms with E-state index in [0.717, 1.165) is 17.1 Å². The molecule has 2 N–H and O–H groups in total. The van der Waals surface area contributed by atoms with Crippen LogP contribution in [0.2, 0.25) is 0 Å². The van der Waals surface area contributed by atoms with Gasteiger partial charge in [-0.2, -0.15) is 0 Å².